The van der Waals surface area contributed by atoms with Gasteiger partial charge >= 0.3 is 5.97 Å². The van der Waals surface area contributed by atoms with Gasteiger partial charge in [0.05, 0.1) is 6.42 Å². The van der Waals surface area contributed by atoms with Crippen LogP contribution in [0.3, 0.4) is 0 Å². The third-order valence-electron chi connectivity index (χ3n) is 1.68. The number of carbonyl (C=O) groups is 1. The normalized spacial score (nSPS) is 10.0. The van der Waals surface area contributed by atoms with Crippen molar-refractivity contribution < 1.29 is 9.63 Å². The SMILES string of the molecule is NNOC(=O)CCn1cc(Br)ccc1=O. The maximum Gasteiger partial charge on any atom is 0.328 e. The zero-order chi connectivity index (χ0) is 11.3. The van der Waals surface area contributed by atoms with E-state index in [0.717, 1.165) is 4.47 Å². The standard InChI is InChI=1S/C8H10BrN3O3/c9-6-1-2-7(13)12(5-6)4-3-8(14)15-11-10/h1-2,5,11H,3-4,10H2. The summed E-state index contributed by atoms with van der Waals surface area (Å²) in [5.74, 6) is 4.26. The summed E-state index contributed by atoms with van der Waals surface area (Å²) in [5, 5.41) is 0. The summed E-state index contributed by atoms with van der Waals surface area (Å²) < 4.78 is 2.18. The fraction of sp³-hybridized carbons (Fsp3) is 0.250. The average molecular weight is 276 g/mol. The number of aromatic nitrogens is 1. The molecule has 0 spiro atoms. The van der Waals surface area contributed by atoms with Gasteiger partial charge in [0.25, 0.3) is 5.56 Å². The van der Waals surface area contributed by atoms with E-state index in [2.05, 4.69) is 20.8 Å². The van der Waals surface area contributed by atoms with Crippen molar-refractivity contribution in [1.82, 2.24) is 10.2 Å². The van der Waals surface area contributed by atoms with Crippen LogP contribution < -0.4 is 17.0 Å². The molecular formula is C8H10BrN3O3. The lowest BCUT2D eigenvalue weighted by Crippen LogP contribution is -2.27. The van der Waals surface area contributed by atoms with Crippen LogP contribution in [0.15, 0.2) is 27.6 Å². The Bertz CT molecular complexity index is 404. The molecule has 0 aliphatic heterocycles. The smallest absolute Gasteiger partial charge is 0.328 e. The number of hydrogen-bond acceptors (Lipinski definition) is 5. The summed E-state index contributed by atoms with van der Waals surface area (Å²) in [6, 6.07) is 3.05. The minimum Gasteiger partial charge on any atom is -0.356 e. The first kappa shape index (κ1) is 11.9. The highest BCUT2D eigenvalue weighted by atomic mass is 79.9. The molecule has 15 heavy (non-hydrogen) atoms. The molecule has 3 N–H and O–H groups in total. The van der Waals surface area contributed by atoms with Gasteiger partial charge in [-0.1, -0.05) is 5.59 Å². The van der Waals surface area contributed by atoms with E-state index in [1.54, 1.807) is 17.9 Å². The number of nitrogens with two attached hydrogens (primary N) is 1. The molecule has 0 saturated heterocycles. The predicted octanol–water partition coefficient (Wildman–Crippen LogP) is -0.0776. The van der Waals surface area contributed by atoms with Crippen LogP contribution in [0.1, 0.15) is 6.42 Å². The molecule has 82 valence electrons. The third-order valence-corrected chi connectivity index (χ3v) is 2.15. The van der Waals surface area contributed by atoms with Crippen molar-refractivity contribution in [2.75, 3.05) is 0 Å². The highest BCUT2D eigenvalue weighted by Gasteiger charge is 2.03. The minimum atomic E-state index is -0.524. The van der Waals surface area contributed by atoms with Crippen LogP contribution in [-0.4, -0.2) is 10.5 Å². The minimum absolute atomic E-state index is 0.0700. The first-order valence-corrected chi connectivity index (χ1v) is 4.94. The molecule has 1 aromatic heterocycles. The van der Waals surface area contributed by atoms with Crippen molar-refractivity contribution in [3.63, 3.8) is 0 Å². The van der Waals surface area contributed by atoms with Crippen molar-refractivity contribution in [2.45, 2.75) is 13.0 Å². The van der Waals surface area contributed by atoms with Crippen LogP contribution >= 0.6 is 15.9 Å². The Morgan fingerprint density at radius 1 is 1.60 bits per heavy atom. The van der Waals surface area contributed by atoms with E-state index < -0.39 is 5.97 Å². The Hall–Kier alpha value is -1.18. The Labute approximate surface area is 94.1 Å². The number of nitrogens with zero attached hydrogens (tertiary/aromatic N) is 1. The number of pyridine rings is 1. The van der Waals surface area contributed by atoms with Gasteiger partial charge in [-0.2, -0.15) is 0 Å². The molecule has 0 aromatic carbocycles. The Morgan fingerprint density at radius 3 is 3.00 bits per heavy atom. The van der Waals surface area contributed by atoms with Gasteiger partial charge in [0.15, 0.2) is 0 Å². The van der Waals surface area contributed by atoms with Crippen molar-refractivity contribution in [3.8, 4) is 0 Å². The van der Waals surface area contributed by atoms with Gasteiger partial charge in [0, 0.05) is 23.3 Å². The van der Waals surface area contributed by atoms with Gasteiger partial charge in [-0.3, -0.25) is 9.59 Å². The average Bonchev–Trinajstić information content (AvgIpc) is 2.20. The lowest BCUT2D eigenvalue weighted by atomic mass is 10.4. The first-order valence-electron chi connectivity index (χ1n) is 4.15. The Kier molecular flexibility index (Phi) is 4.47. The van der Waals surface area contributed by atoms with Gasteiger partial charge in [-0.15, -0.1) is 0 Å². The van der Waals surface area contributed by atoms with Crippen molar-refractivity contribution in [1.29, 1.82) is 0 Å². The quantitative estimate of drug-likeness (QED) is 0.593. The summed E-state index contributed by atoms with van der Waals surface area (Å²) in [5.41, 5.74) is 1.61. The van der Waals surface area contributed by atoms with Gasteiger partial charge < -0.3 is 9.40 Å². The molecular weight excluding hydrogens is 266 g/mol. The number of carbonyl (C=O) groups excluding carboxylic acids is 1. The fourth-order valence-corrected chi connectivity index (χ4v) is 1.38. The monoisotopic (exact) mass is 275 g/mol. The van der Waals surface area contributed by atoms with Crippen LogP contribution in [0.4, 0.5) is 0 Å². The summed E-state index contributed by atoms with van der Waals surface area (Å²) in [4.78, 5) is 26.5. The van der Waals surface area contributed by atoms with Gasteiger partial charge in [0.2, 0.25) is 0 Å². The molecule has 1 aromatic rings. The number of rotatable bonds is 4. The fourth-order valence-electron chi connectivity index (χ4n) is 1.01. The molecule has 0 saturated carbocycles. The maximum atomic E-state index is 11.3. The maximum absolute atomic E-state index is 11.3. The molecule has 0 bridgehead atoms. The molecule has 0 aliphatic carbocycles. The Balaban J connectivity index is 2.61. The second-order valence-electron chi connectivity index (χ2n) is 2.72. The molecule has 0 amide bonds. The summed E-state index contributed by atoms with van der Waals surface area (Å²) in [6.45, 7) is 0.249. The van der Waals surface area contributed by atoms with Crippen molar-refractivity contribution in [2.24, 2.45) is 5.84 Å². The largest absolute Gasteiger partial charge is 0.356 e. The molecule has 0 unspecified atom stereocenters. The van der Waals surface area contributed by atoms with Gasteiger partial charge in [-0.25, -0.2) is 5.84 Å². The third kappa shape index (κ3) is 3.82. The van der Waals surface area contributed by atoms with Crippen molar-refractivity contribution >= 4 is 21.9 Å². The van der Waals surface area contributed by atoms with Crippen molar-refractivity contribution in [3.05, 3.63) is 33.2 Å². The number of hydrogen-bond donors (Lipinski definition) is 2. The Morgan fingerprint density at radius 2 is 2.33 bits per heavy atom. The van der Waals surface area contributed by atoms with E-state index >= 15 is 0 Å². The molecule has 1 rings (SSSR count). The number of nitrogens with one attached hydrogen (secondary N) is 1. The highest BCUT2D eigenvalue weighted by Crippen LogP contribution is 2.05. The summed E-state index contributed by atoms with van der Waals surface area (Å²) in [6.07, 6.45) is 1.67. The molecule has 0 atom stereocenters. The van der Waals surface area contributed by atoms with Crippen LogP contribution in [0.2, 0.25) is 0 Å². The predicted molar refractivity (Wildman–Crippen MR) is 56.4 cm³/mol. The van der Waals surface area contributed by atoms with Gasteiger partial charge in [-0.05, 0) is 22.0 Å². The highest BCUT2D eigenvalue weighted by molar-refractivity contribution is 9.10. The first-order chi connectivity index (χ1) is 7.13. The van der Waals surface area contributed by atoms with E-state index in [1.807, 2.05) is 0 Å². The topological polar surface area (TPSA) is 86.3 Å². The summed E-state index contributed by atoms with van der Waals surface area (Å²) in [7, 11) is 0. The van der Waals surface area contributed by atoms with E-state index in [1.165, 1.54) is 10.6 Å². The van der Waals surface area contributed by atoms with E-state index in [9.17, 15) is 9.59 Å². The molecule has 6 nitrogen and oxygen atoms in total. The second-order valence-corrected chi connectivity index (χ2v) is 3.64. The zero-order valence-electron chi connectivity index (χ0n) is 7.77. The second kappa shape index (κ2) is 5.64. The van der Waals surface area contributed by atoms with E-state index in [0.29, 0.717) is 0 Å². The number of halogens is 1. The number of hydrazine groups is 1. The molecule has 0 fully saturated rings. The molecule has 7 heteroatoms. The van der Waals surface area contributed by atoms with E-state index in [4.69, 9.17) is 5.84 Å². The van der Waals surface area contributed by atoms with E-state index in [-0.39, 0.29) is 18.5 Å². The van der Waals surface area contributed by atoms with Crippen LogP contribution in [-0.2, 0) is 16.2 Å². The lowest BCUT2D eigenvalue weighted by Gasteiger charge is -2.05. The summed E-state index contributed by atoms with van der Waals surface area (Å²) >= 11 is 3.23. The molecule has 0 aliphatic rings. The van der Waals surface area contributed by atoms with Crippen LogP contribution in [0.5, 0.6) is 0 Å². The molecule has 1 heterocycles. The lowest BCUT2D eigenvalue weighted by molar-refractivity contribution is -0.151. The van der Waals surface area contributed by atoms with Crippen LogP contribution in [0, 0.1) is 0 Å². The molecule has 0 radical (unpaired) electrons. The van der Waals surface area contributed by atoms with Crippen LogP contribution in [0.25, 0.3) is 0 Å². The number of aryl methyl sites for hydroxylation is 1. The zero-order valence-corrected chi connectivity index (χ0v) is 9.36. The van der Waals surface area contributed by atoms with Gasteiger partial charge in [0.1, 0.15) is 0 Å².